The van der Waals surface area contributed by atoms with Crippen LogP contribution in [0.15, 0.2) is 54.7 Å². The van der Waals surface area contributed by atoms with E-state index in [1.54, 1.807) is 48.7 Å². The van der Waals surface area contributed by atoms with E-state index in [1.165, 1.54) is 18.7 Å². The van der Waals surface area contributed by atoms with Crippen LogP contribution in [-0.2, 0) is 32.1 Å². The first kappa shape index (κ1) is 28.7. The molecule has 1 aliphatic rings. The Morgan fingerprint density at radius 1 is 1.11 bits per heavy atom. The van der Waals surface area contributed by atoms with Crippen LogP contribution >= 0.6 is 0 Å². The van der Waals surface area contributed by atoms with Crippen LogP contribution in [0.1, 0.15) is 37.9 Å². The fourth-order valence-electron chi connectivity index (χ4n) is 4.11. The Hall–Kier alpha value is -3.89. The number of likely N-dealkylation sites (tertiary alicyclic amines) is 1. The standard InChI is InChI=1S/C27H32F2N4O5/c1-18(2)22(23(34)27(28,29)25(36)31-15-13-20-11-6-7-14-30-20)32-24(35)21-12-8-16-33(21)26(37)38-17-19-9-4-3-5-10-19/h3-7,9-11,14,18,21-22H,8,12-13,15-17H2,1-2H3,(H,31,36)(H,32,35). The Morgan fingerprint density at radius 2 is 1.82 bits per heavy atom. The van der Waals surface area contributed by atoms with Crippen LogP contribution in [0, 0.1) is 5.92 Å². The number of hydrogen-bond donors (Lipinski definition) is 2. The average molecular weight is 531 g/mol. The number of ketones is 1. The summed E-state index contributed by atoms with van der Waals surface area (Å²) in [6.07, 6.45) is 1.83. The minimum atomic E-state index is -4.36. The monoisotopic (exact) mass is 530 g/mol. The van der Waals surface area contributed by atoms with Crippen molar-refractivity contribution in [2.24, 2.45) is 5.92 Å². The second-order valence-electron chi connectivity index (χ2n) is 9.39. The van der Waals surface area contributed by atoms with E-state index in [2.05, 4.69) is 15.6 Å². The highest BCUT2D eigenvalue weighted by molar-refractivity contribution is 6.10. The normalized spacial score (nSPS) is 16.1. The maximum atomic E-state index is 14.8. The quantitative estimate of drug-likeness (QED) is 0.432. The van der Waals surface area contributed by atoms with Crippen molar-refractivity contribution >= 4 is 23.7 Å². The molecule has 1 aromatic carbocycles. The van der Waals surface area contributed by atoms with E-state index in [1.807, 2.05) is 6.07 Å². The van der Waals surface area contributed by atoms with Gasteiger partial charge in [-0.05, 0) is 36.5 Å². The van der Waals surface area contributed by atoms with Gasteiger partial charge in [0.25, 0.3) is 5.91 Å². The molecule has 0 spiro atoms. The number of Topliss-reactive ketones (excluding diaryl/α,β-unsaturated/α-hetero) is 1. The predicted octanol–water partition coefficient (Wildman–Crippen LogP) is 2.89. The summed E-state index contributed by atoms with van der Waals surface area (Å²) in [6.45, 7) is 3.09. The van der Waals surface area contributed by atoms with Gasteiger partial charge in [-0.25, -0.2) is 4.79 Å². The first-order valence-electron chi connectivity index (χ1n) is 12.5. The second-order valence-corrected chi connectivity index (χ2v) is 9.39. The number of carbonyl (C=O) groups is 4. The summed E-state index contributed by atoms with van der Waals surface area (Å²) in [6, 6.07) is 11.5. The molecule has 1 fully saturated rings. The zero-order valence-corrected chi connectivity index (χ0v) is 21.4. The first-order valence-corrected chi connectivity index (χ1v) is 12.5. The number of benzene rings is 1. The van der Waals surface area contributed by atoms with Gasteiger partial charge in [0, 0.05) is 31.4 Å². The smallest absolute Gasteiger partial charge is 0.410 e. The number of carbonyl (C=O) groups excluding carboxylic acids is 4. The van der Waals surface area contributed by atoms with Crippen LogP contribution in [0.3, 0.4) is 0 Å². The molecule has 2 aromatic rings. The van der Waals surface area contributed by atoms with E-state index in [0.29, 0.717) is 12.1 Å². The van der Waals surface area contributed by atoms with Crippen LogP contribution < -0.4 is 10.6 Å². The molecule has 0 radical (unpaired) electrons. The molecule has 11 heteroatoms. The molecule has 2 heterocycles. The lowest BCUT2D eigenvalue weighted by Gasteiger charge is -2.28. The lowest BCUT2D eigenvalue weighted by Crippen LogP contribution is -2.58. The predicted molar refractivity (Wildman–Crippen MR) is 134 cm³/mol. The minimum absolute atomic E-state index is 0.0132. The van der Waals surface area contributed by atoms with Gasteiger partial charge in [0.2, 0.25) is 11.7 Å². The second kappa shape index (κ2) is 13.1. The van der Waals surface area contributed by atoms with Crippen LogP contribution in [0.2, 0.25) is 0 Å². The molecular weight excluding hydrogens is 498 g/mol. The van der Waals surface area contributed by atoms with E-state index < -0.39 is 47.6 Å². The molecule has 3 rings (SSSR count). The van der Waals surface area contributed by atoms with Crippen molar-refractivity contribution in [1.29, 1.82) is 0 Å². The highest BCUT2D eigenvalue weighted by atomic mass is 19.3. The molecule has 2 atom stereocenters. The number of ether oxygens (including phenoxy) is 1. The highest BCUT2D eigenvalue weighted by Crippen LogP contribution is 2.23. The van der Waals surface area contributed by atoms with Gasteiger partial charge in [-0.1, -0.05) is 50.2 Å². The fraction of sp³-hybridized carbons (Fsp3) is 0.444. The lowest BCUT2D eigenvalue weighted by molar-refractivity contribution is -0.161. The van der Waals surface area contributed by atoms with Crippen molar-refractivity contribution in [3.63, 3.8) is 0 Å². The molecule has 0 bridgehead atoms. The van der Waals surface area contributed by atoms with Crippen molar-refractivity contribution in [3.05, 3.63) is 66.0 Å². The van der Waals surface area contributed by atoms with Crippen molar-refractivity contribution in [3.8, 4) is 0 Å². The Kier molecular flexibility index (Phi) is 9.86. The van der Waals surface area contributed by atoms with E-state index in [0.717, 1.165) is 5.56 Å². The highest BCUT2D eigenvalue weighted by Gasteiger charge is 2.51. The van der Waals surface area contributed by atoms with Gasteiger partial charge >= 0.3 is 12.0 Å². The lowest BCUT2D eigenvalue weighted by atomic mass is 9.94. The zero-order valence-electron chi connectivity index (χ0n) is 21.4. The first-order chi connectivity index (χ1) is 18.1. The molecule has 2 N–H and O–H groups in total. The number of aromatic nitrogens is 1. The zero-order chi connectivity index (χ0) is 27.7. The fourth-order valence-corrected chi connectivity index (χ4v) is 4.11. The number of alkyl halides is 2. The molecule has 38 heavy (non-hydrogen) atoms. The summed E-state index contributed by atoms with van der Waals surface area (Å²) in [5.41, 5.74) is 1.37. The van der Waals surface area contributed by atoms with Crippen LogP contribution in [0.4, 0.5) is 13.6 Å². The number of pyridine rings is 1. The van der Waals surface area contributed by atoms with Crippen molar-refractivity contribution in [2.45, 2.75) is 57.7 Å². The van der Waals surface area contributed by atoms with E-state index in [9.17, 15) is 28.0 Å². The van der Waals surface area contributed by atoms with Crippen molar-refractivity contribution < 1.29 is 32.7 Å². The molecule has 1 aromatic heterocycles. The Morgan fingerprint density at radius 3 is 2.47 bits per heavy atom. The van der Waals surface area contributed by atoms with Gasteiger partial charge < -0.3 is 15.4 Å². The Labute approximate surface area is 219 Å². The number of hydrogen-bond acceptors (Lipinski definition) is 6. The Bertz CT molecular complexity index is 1110. The van der Waals surface area contributed by atoms with E-state index >= 15 is 0 Å². The van der Waals surface area contributed by atoms with Crippen molar-refractivity contribution in [2.75, 3.05) is 13.1 Å². The third-order valence-corrected chi connectivity index (χ3v) is 6.23. The Balaban J connectivity index is 1.59. The molecule has 1 saturated heterocycles. The summed E-state index contributed by atoms with van der Waals surface area (Å²) in [7, 11) is 0. The van der Waals surface area contributed by atoms with Gasteiger partial charge in [-0.3, -0.25) is 24.3 Å². The van der Waals surface area contributed by atoms with Crippen LogP contribution in [0.5, 0.6) is 0 Å². The molecular formula is C27H32F2N4O5. The van der Waals surface area contributed by atoms with Gasteiger partial charge in [0.05, 0.1) is 6.04 Å². The summed E-state index contributed by atoms with van der Waals surface area (Å²) >= 11 is 0. The molecule has 2 unspecified atom stereocenters. The summed E-state index contributed by atoms with van der Waals surface area (Å²) < 4.78 is 35.0. The number of nitrogens with zero attached hydrogens (tertiary/aromatic N) is 2. The van der Waals surface area contributed by atoms with E-state index in [-0.39, 0.29) is 32.5 Å². The van der Waals surface area contributed by atoms with Crippen LogP contribution in [0.25, 0.3) is 0 Å². The maximum Gasteiger partial charge on any atom is 0.410 e. The van der Waals surface area contributed by atoms with E-state index in [4.69, 9.17) is 4.74 Å². The molecule has 1 aliphatic heterocycles. The largest absolute Gasteiger partial charge is 0.445 e. The van der Waals surface area contributed by atoms with Gasteiger partial charge in [-0.2, -0.15) is 8.78 Å². The van der Waals surface area contributed by atoms with Gasteiger partial charge in [0.15, 0.2) is 0 Å². The molecule has 3 amide bonds. The maximum absolute atomic E-state index is 14.8. The third kappa shape index (κ3) is 7.33. The number of amides is 3. The van der Waals surface area contributed by atoms with Crippen LogP contribution in [-0.4, -0.2) is 64.7 Å². The number of halogens is 2. The van der Waals surface area contributed by atoms with Gasteiger partial charge in [0.1, 0.15) is 12.6 Å². The third-order valence-electron chi connectivity index (χ3n) is 6.23. The topological polar surface area (TPSA) is 118 Å². The average Bonchev–Trinajstić information content (AvgIpc) is 3.41. The van der Waals surface area contributed by atoms with Crippen molar-refractivity contribution in [1.82, 2.24) is 20.5 Å². The summed E-state index contributed by atoms with van der Waals surface area (Å²) in [5, 5.41) is 4.42. The number of nitrogens with one attached hydrogen (secondary N) is 2. The molecule has 0 aliphatic carbocycles. The minimum Gasteiger partial charge on any atom is -0.445 e. The molecule has 0 saturated carbocycles. The van der Waals surface area contributed by atoms with Gasteiger partial charge in [-0.15, -0.1) is 0 Å². The SMILES string of the molecule is CC(C)C(NC(=O)C1CCCN1C(=O)OCc1ccccc1)C(=O)C(F)(F)C(=O)NCCc1ccccn1. The summed E-state index contributed by atoms with van der Waals surface area (Å²) in [4.78, 5) is 55.9. The number of rotatable bonds is 11. The molecule has 204 valence electrons. The molecule has 9 nitrogen and oxygen atoms in total. The summed E-state index contributed by atoms with van der Waals surface area (Å²) in [5.74, 6) is -9.31.